The number of ether oxygens (including phenoxy) is 1. The van der Waals surface area contributed by atoms with Gasteiger partial charge in [0.1, 0.15) is 0 Å². The van der Waals surface area contributed by atoms with E-state index in [-0.39, 0.29) is 5.69 Å². The molecule has 0 saturated carbocycles. The number of carbonyl (C=O) groups excluding carboxylic acids is 1. The van der Waals surface area contributed by atoms with Gasteiger partial charge in [0.2, 0.25) is 0 Å². The second-order valence-corrected chi connectivity index (χ2v) is 3.43. The first-order chi connectivity index (χ1) is 7.47. The van der Waals surface area contributed by atoms with Gasteiger partial charge >= 0.3 is 12.1 Å². The Morgan fingerprint density at radius 3 is 2.62 bits per heavy atom. The standard InChI is InChI=1S/C10H8F3NO2/c11-10(12,13)9(15)14-8-2-1-6-4-16-5-7(6)3-8/h1-3H,4-5H2,(H,14,15). The molecule has 0 unspecified atom stereocenters. The maximum atomic E-state index is 12.0. The van der Waals surface area contributed by atoms with Crippen LogP contribution in [-0.2, 0) is 22.7 Å². The number of rotatable bonds is 1. The molecule has 0 spiro atoms. The molecule has 1 aliphatic rings. The fourth-order valence-corrected chi connectivity index (χ4v) is 1.45. The number of halogens is 3. The van der Waals surface area contributed by atoms with Gasteiger partial charge in [-0.25, -0.2) is 0 Å². The normalized spacial score (nSPS) is 14.7. The third-order valence-corrected chi connectivity index (χ3v) is 2.24. The molecule has 2 rings (SSSR count). The molecule has 0 aromatic heterocycles. The molecule has 1 N–H and O–H groups in total. The Balaban J connectivity index is 2.14. The molecular weight excluding hydrogens is 223 g/mol. The maximum absolute atomic E-state index is 12.0. The molecule has 0 radical (unpaired) electrons. The topological polar surface area (TPSA) is 38.3 Å². The number of amides is 1. The van der Waals surface area contributed by atoms with Crippen molar-refractivity contribution in [3.8, 4) is 0 Å². The first kappa shape index (κ1) is 10.9. The van der Waals surface area contributed by atoms with Crippen LogP contribution in [0.2, 0.25) is 0 Å². The van der Waals surface area contributed by atoms with E-state index < -0.39 is 12.1 Å². The molecule has 1 amide bonds. The minimum Gasteiger partial charge on any atom is -0.372 e. The Bertz CT molecular complexity index is 429. The average molecular weight is 231 g/mol. The van der Waals surface area contributed by atoms with Gasteiger partial charge in [0, 0.05) is 5.69 Å². The van der Waals surface area contributed by atoms with Gasteiger partial charge in [0.25, 0.3) is 0 Å². The Kier molecular flexibility index (Phi) is 2.59. The molecule has 3 nitrogen and oxygen atoms in total. The fourth-order valence-electron chi connectivity index (χ4n) is 1.45. The van der Waals surface area contributed by atoms with Crippen LogP contribution in [0.3, 0.4) is 0 Å². The van der Waals surface area contributed by atoms with Crippen LogP contribution in [0, 0.1) is 0 Å². The van der Waals surface area contributed by atoms with Gasteiger partial charge < -0.3 is 10.1 Å². The summed E-state index contributed by atoms with van der Waals surface area (Å²) in [6, 6.07) is 4.57. The van der Waals surface area contributed by atoms with Crippen LogP contribution in [0.4, 0.5) is 18.9 Å². The van der Waals surface area contributed by atoms with Gasteiger partial charge in [-0.3, -0.25) is 4.79 Å². The van der Waals surface area contributed by atoms with Crippen molar-refractivity contribution in [3.05, 3.63) is 29.3 Å². The van der Waals surface area contributed by atoms with Crippen molar-refractivity contribution in [1.29, 1.82) is 0 Å². The summed E-state index contributed by atoms with van der Waals surface area (Å²) in [5.41, 5.74) is 1.87. The molecule has 1 aliphatic heterocycles. The highest BCUT2D eigenvalue weighted by atomic mass is 19.4. The summed E-state index contributed by atoms with van der Waals surface area (Å²) in [4.78, 5) is 10.7. The minimum absolute atomic E-state index is 0.131. The Labute approximate surface area is 89.2 Å². The second kappa shape index (κ2) is 3.79. The number of hydrogen-bond donors (Lipinski definition) is 1. The second-order valence-electron chi connectivity index (χ2n) is 3.43. The van der Waals surface area contributed by atoms with E-state index in [1.165, 1.54) is 12.1 Å². The third-order valence-electron chi connectivity index (χ3n) is 2.24. The smallest absolute Gasteiger partial charge is 0.372 e. The number of hydrogen-bond acceptors (Lipinski definition) is 2. The monoisotopic (exact) mass is 231 g/mol. The molecule has 1 heterocycles. The van der Waals surface area contributed by atoms with Gasteiger partial charge in [-0.1, -0.05) is 6.07 Å². The SMILES string of the molecule is O=C(Nc1ccc2c(c1)COC2)C(F)(F)F. The van der Waals surface area contributed by atoms with E-state index >= 15 is 0 Å². The summed E-state index contributed by atoms with van der Waals surface area (Å²) in [6.07, 6.45) is -4.87. The van der Waals surface area contributed by atoms with Crippen LogP contribution >= 0.6 is 0 Å². The minimum atomic E-state index is -4.87. The summed E-state index contributed by atoms with van der Waals surface area (Å²) in [5.74, 6) is -1.97. The predicted octanol–water partition coefficient (Wildman–Crippen LogP) is 2.22. The highest BCUT2D eigenvalue weighted by molar-refractivity contribution is 5.95. The van der Waals surface area contributed by atoms with E-state index in [0.29, 0.717) is 13.2 Å². The predicted molar refractivity (Wildman–Crippen MR) is 49.6 cm³/mol. The zero-order valence-corrected chi connectivity index (χ0v) is 8.10. The number of fused-ring (bicyclic) bond motifs is 1. The lowest BCUT2D eigenvalue weighted by Gasteiger charge is -2.08. The largest absolute Gasteiger partial charge is 0.471 e. The van der Waals surface area contributed by atoms with Gasteiger partial charge in [0.15, 0.2) is 0 Å². The Hall–Kier alpha value is -1.56. The number of carbonyl (C=O) groups is 1. The van der Waals surface area contributed by atoms with E-state index in [1.807, 2.05) is 0 Å². The quantitative estimate of drug-likeness (QED) is 0.804. The van der Waals surface area contributed by atoms with E-state index in [1.54, 1.807) is 11.4 Å². The first-order valence-electron chi connectivity index (χ1n) is 4.54. The summed E-state index contributed by atoms with van der Waals surface area (Å²) in [6.45, 7) is 0.827. The van der Waals surface area contributed by atoms with Gasteiger partial charge in [-0.2, -0.15) is 13.2 Å². The van der Waals surface area contributed by atoms with E-state index in [0.717, 1.165) is 11.1 Å². The zero-order valence-electron chi connectivity index (χ0n) is 8.10. The van der Waals surface area contributed by atoms with Crippen molar-refractivity contribution in [3.63, 3.8) is 0 Å². The van der Waals surface area contributed by atoms with Gasteiger partial charge in [-0.15, -0.1) is 0 Å². The molecule has 1 aromatic carbocycles. The third kappa shape index (κ3) is 2.16. The summed E-state index contributed by atoms with van der Waals surface area (Å²) in [7, 11) is 0. The van der Waals surface area contributed by atoms with Crippen LogP contribution in [0.5, 0.6) is 0 Å². The van der Waals surface area contributed by atoms with Crippen molar-refractivity contribution < 1.29 is 22.7 Å². The molecular formula is C10H8F3NO2. The molecule has 0 aliphatic carbocycles. The maximum Gasteiger partial charge on any atom is 0.471 e. The van der Waals surface area contributed by atoms with Crippen molar-refractivity contribution in [2.45, 2.75) is 19.4 Å². The van der Waals surface area contributed by atoms with Crippen molar-refractivity contribution in [1.82, 2.24) is 0 Å². The molecule has 16 heavy (non-hydrogen) atoms. The van der Waals surface area contributed by atoms with Crippen LogP contribution in [0.1, 0.15) is 11.1 Å². The molecule has 1 aromatic rings. The van der Waals surface area contributed by atoms with Crippen LogP contribution in [-0.4, -0.2) is 12.1 Å². The number of anilines is 1. The zero-order chi connectivity index (χ0) is 11.8. The first-order valence-corrected chi connectivity index (χ1v) is 4.54. The molecule has 0 saturated heterocycles. The number of benzene rings is 1. The lowest BCUT2D eigenvalue weighted by molar-refractivity contribution is -0.167. The van der Waals surface area contributed by atoms with Crippen LogP contribution in [0.25, 0.3) is 0 Å². The lowest BCUT2D eigenvalue weighted by atomic mass is 10.1. The average Bonchev–Trinajstić information content (AvgIpc) is 2.63. The summed E-state index contributed by atoms with van der Waals surface area (Å²) < 4.78 is 41.0. The highest BCUT2D eigenvalue weighted by Crippen LogP contribution is 2.24. The van der Waals surface area contributed by atoms with Crippen molar-refractivity contribution >= 4 is 11.6 Å². The van der Waals surface area contributed by atoms with Crippen molar-refractivity contribution in [2.24, 2.45) is 0 Å². The van der Waals surface area contributed by atoms with E-state index in [9.17, 15) is 18.0 Å². The van der Waals surface area contributed by atoms with Crippen molar-refractivity contribution in [2.75, 3.05) is 5.32 Å². The molecule has 0 bridgehead atoms. The summed E-state index contributed by atoms with van der Waals surface area (Å²) >= 11 is 0. The van der Waals surface area contributed by atoms with Crippen LogP contribution < -0.4 is 5.32 Å². The number of nitrogens with one attached hydrogen (secondary N) is 1. The Morgan fingerprint density at radius 1 is 1.25 bits per heavy atom. The molecule has 0 fully saturated rings. The molecule has 86 valence electrons. The summed E-state index contributed by atoms with van der Waals surface area (Å²) in [5, 5.41) is 1.79. The fraction of sp³-hybridized carbons (Fsp3) is 0.300. The van der Waals surface area contributed by atoms with E-state index in [4.69, 9.17) is 4.74 Å². The molecule has 6 heteroatoms. The molecule has 0 atom stereocenters. The lowest BCUT2D eigenvalue weighted by Crippen LogP contribution is -2.29. The number of alkyl halides is 3. The van der Waals surface area contributed by atoms with Gasteiger partial charge in [-0.05, 0) is 23.3 Å². The van der Waals surface area contributed by atoms with Crippen LogP contribution in [0.15, 0.2) is 18.2 Å². The highest BCUT2D eigenvalue weighted by Gasteiger charge is 2.38. The van der Waals surface area contributed by atoms with Gasteiger partial charge in [0.05, 0.1) is 13.2 Å². The van der Waals surface area contributed by atoms with E-state index in [2.05, 4.69) is 0 Å². The Morgan fingerprint density at radius 2 is 1.94 bits per heavy atom.